The third-order valence-corrected chi connectivity index (χ3v) is 4.44. The molecule has 2 aliphatic heterocycles. The van der Waals surface area contributed by atoms with Crippen molar-refractivity contribution in [3.8, 4) is 11.5 Å². The first kappa shape index (κ1) is 16.6. The zero-order valence-corrected chi connectivity index (χ0v) is 14.9. The van der Waals surface area contributed by atoms with Crippen LogP contribution in [0.4, 0.5) is 5.69 Å². The Morgan fingerprint density at radius 3 is 2.96 bits per heavy atom. The number of ether oxygens (including phenoxy) is 2. The average Bonchev–Trinajstić information content (AvgIpc) is 3.21. The smallest absolute Gasteiger partial charge is 0.279 e. The van der Waals surface area contributed by atoms with E-state index in [4.69, 9.17) is 21.1 Å². The predicted octanol–water partition coefficient (Wildman–Crippen LogP) is 3.65. The number of fused-ring (bicyclic) bond motifs is 2. The molecular weight excluding hydrogens is 354 g/mol. The highest BCUT2D eigenvalue weighted by atomic mass is 35.5. The second-order valence-electron chi connectivity index (χ2n) is 5.90. The van der Waals surface area contributed by atoms with Gasteiger partial charge in [-0.15, -0.1) is 5.10 Å². The van der Waals surface area contributed by atoms with Gasteiger partial charge in [-0.1, -0.05) is 36.7 Å². The lowest BCUT2D eigenvalue weighted by atomic mass is 10.1. The highest BCUT2D eigenvalue weighted by Gasteiger charge is 2.33. The summed E-state index contributed by atoms with van der Waals surface area (Å²) in [6.07, 6.45) is 2.41. The van der Waals surface area contributed by atoms with E-state index in [0.717, 1.165) is 17.7 Å². The number of benzene rings is 2. The van der Waals surface area contributed by atoms with Crippen LogP contribution < -0.4 is 14.4 Å². The summed E-state index contributed by atoms with van der Waals surface area (Å²) in [5, 5.41) is 8.72. The van der Waals surface area contributed by atoms with Crippen LogP contribution in [0.3, 0.4) is 0 Å². The zero-order valence-electron chi connectivity index (χ0n) is 14.1. The number of rotatable bonds is 4. The maximum Gasteiger partial charge on any atom is 0.279 e. The first-order chi connectivity index (χ1) is 12.7. The van der Waals surface area contributed by atoms with Gasteiger partial charge in [-0.2, -0.15) is 5.10 Å². The fourth-order valence-corrected chi connectivity index (χ4v) is 3.29. The largest absolute Gasteiger partial charge is 0.454 e. The van der Waals surface area contributed by atoms with Crippen molar-refractivity contribution in [1.29, 1.82) is 0 Å². The molecule has 0 bridgehead atoms. The summed E-state index contributed by atoms with van der Waals surface area (Å²) in [7, 11) is 0. The van der Waals surface area contributed by atoms with Gasteiger partial charge in [0, 0.05) is 17.7 Å². The van der Waals surface area contributed by atoms with Crippen LogP contribution in [0.1, 0.15) is 24.5 Å². The van der Waals surface area contributed by atoms with Gasteiger partial charge in [0.25, 0.3) is 5.91 Å². The van der Waals surface area contributed by atoms with Gasteiger partial charge in [0.15, 0.2) is 17.2 Å². The number of amides is 1. The van der Waals surface area contributed by atoms with Crippen molar-refractivity contribution in [1.82, 2.24) is 0 Å². The molecule has 2 aromatic rings. The van der Waals surface area contributed by atoms with Gasteiger partial charge in [0.2, 0.25) is 6.79 Å². The van der Waals surface area contributed by atoms with Crippen LogP contribution >= 0.6 is 11.6 Å². The molecule has 132 valence electrons. The molecule has 0 spiro atoms. The summed E-state index contributed by atoms with van der Waals surface area (Å²) in [4.78, 5) is 14.4. The minimum Gasteiger partial charge on any atom is -0.454 e. The van der Waals surface area contributed by atoms with E-state index >= 15 is 0 Å². The minimum atomic E-state index is -0.131. The summed E-state index contributed by atoms with van der Waals surface area (Å²) in [5.74, 6) is 0.974. The summed E-state index contributed by atoms with van der Waals surface area (Å²) >= 11 is 6.16. The van der Waals surface area contributed by atoms with Gasteiger partial charge in [0.1, 0.15) is 0 Å². The molecule has 0 atom stereocenters. The molecule has 0 saturated heterocycles. The second-order valence-corrected chi connectivity index (χ2v) is 6.31. The minimum absolute atomic E-state index is 0.131. The van der Waals surface area contributed by atoms with Crippen molar-refractivity contribution in [2.24, 2.45) is 10.2 Å². The van der Waals surface area contributed by atoms with E-state index in [1.807, 2.05) is 31.2 Å². The number of hydrogen-bond donors (Lipinski definition) is 0. The van der Waals surface area contributed by atoms with Crippen molar-refractivity contribution in [2.45, 2.75) is 13.3 Å². The van der Waals surface area contributed by atoms with Gasteiger partial charge < -0.3 is 14.4 Å². The lowest BCUT2D eigenvalue weighted by molar-refractivity contribution is -0.112. The van der Waals surface area contributed by atoms with Crippen LogP contribution in [0.2, 0.25) is 5.02 Å². The molecule has 2 aromatic carbocycles. The molecule has 0 radical (unpaired) electrons. The monoisotopic (exact) mass is 369 g/mol. The van der Waals surface area contributed by atoms with Crippen LogP contribution in [0.25, 0.3) is 0 Å². The van der Waals surface area contributed by atoms with E-state index in [1.165, 1.54) is 0 Å². The van der Waals surface area contributed by atoms with Gasteiger partial charge in [-0.3, -0.25) is 4.79 Å². The Balaban J connectivity index is 1.64. The van der Waals surface area contributed by atoms with Crippen LogP contribution in [0, 0.1) is 0 Å². The summed E-state index contributed by atoms with van der Waals surface area (Å²) in [5.41, 5.74) is 2.73. The molecule has 0 saturated carbocycles. The molecule has 7 heteroatoms. The Morgan fingerprint density at radius 1 is 1.27 bits per heavy atom. The first-order valence-electron chi connectivity index (χ1n) is 8.30. The Morgan fingerprint density at radius 2 is 2.12 bits per heavy atom. The molecule has 26 heavy (non-hydrogen) atoms. The van der Waals surface area contributed by atoms with E-state index in [-0.39, 0.29) is 12.7 Å². The van der Waals surface area contributed by atoms with Crippen molar-refractivity contribution < 1.29 is 14.3 Å². The Bertz CT molecular complexity index is 940. The summed E-state index contributed by atoms with van der Waals surface area (Å²) in [6, 6.07) is 11.1. The van der Waals surface area contributed by atoms with E-state index in [1.54, 1.807) is 23.2 Å². The van der Waals surface area contributed by atoms with Crippen molar-refractivity contribution >= 4 is 35.1 Å². The van der Waals surface area contributed by atoms with Crippen molar-refractivity contribution in [3.05, 3.63) is 52.5 Å². The maximum absolute atomic E-state index is 12.7. The van der Waals surface area contributed by atoms with E-state index in [9.17, 15) is 4.79 Å². The molecule has 0 aromatic heterocycles. The van der Waals surface area contributed by atoms with Crippen LogP contribution in [0.15, 0.2) is 46.6 Å². The molecule has 2 aliphatic rings. The van der Waals surface area contributed by atoms with Crippen molar-refractivity contribution in [3.63, 3.8) is 0 Å². The normalized spacial score (nSPS) is 16.8. The van der Waals surface area contributed by atoms with Gasteiger partial charge >= 0.3 is 0 Å². The quantitative estimate of drug-likeness (QED) is 0.610. The van der Waals surface area contributed by atoms with E-state index < -0.39 is 0 Å². The number of hydrogen-bond acceptors (Lipinski definition) is 5. The van der Waals surface area contributed by atoms with Gasteiger partial charge in [-0.05, 0) is 24.6 Å². The topological polar surface area (TPSA) is 63.5 Å². The fraction of sp³-hybridized carbons (Fsp3) is 0.211. The van der Waals surface area contributed by atoms with E-state index in [2.05, 4.69) is 10.2 Å². The molecule has 0 fully saturated rings. The lowest BCUT2D eigenvalue weighted by Gasteiger charge is -2.14. The number of halogens is 1. The molecule has 2 heterocycles. The van der Waals surface area contributed by atoms with Crippen LogP contribution in [0.5, 0.6) is 11.5 Å². The summed E-state index contributed by atoms with van der Waals surface area (Å²) < 4.78 is 10.6. The number of nitrogens with zero attached hydrogens (tertiary/aromatic N) is 3. The molecule has 0 unspecified atom stereocenters. The highest BCUT2D eigenvalue weighted by Crippen LogP contribution is 2.39. The fourth-order valence-electron chi connectivity index (χ4n) is 3.02. The Hall–Kier alpha value is -2.86. The molecule has 6 nitrogen and oxygen atoms in total. The molecule has 1 amide bonds. The van der Waals surface area contributed by atoms with Crippen LogP contribution in [-0.2, 0) is 4.79 Å². The first-order valence-corrected chi connectivity index (χ1v) is 8.68. The van der Waals surface area contributed by atoms with Crippen molar-refractivity contribution in [2.75, 3.05) is 18.2 Å². The van der Waals surface area contributed by atoms with Gasteiger partial charge in [-0.25, -0.2) is 0 Å². The molecule has 0 aliphatic carbocycles. The average molecular weight is 370 g/mol. The standard InChI is InChI=1S/C19H16ClN3O3/c1-2-7-23-15-6-4-3-5-13(15)17(19(23)24)22-21-10-12-8-14(20)18-16(9-12)25-11-26-18/h3-6,8-10H,2,7,11H2,1H3/b21-10-,22-17+. The zero-order chi connectivity index (χ0) is 18.1. The number of anilines is 1. The molecular formula is C19H16ClN3O3. The number of carbonyl (C=O) groups excluding carboxylic acids is 1. The molecule has 4 rings (SSSR count). The van der Waals surface area contributed by atoms with Gasteiger partial charge in [0.05, 0.1) is 16.9 Å². The summed E-state index contributed by atoms with van der Waals surface area (Å²) in [6.45, 7) is 2.83. The SMILES string of the molecule is CCCN1C(=O)/C(=N/N=C\c2cc(Cl)c3c(c2)OCO3)c2ccccc21. The Kier molecular flexibility index (Phi) is 4.34. The Labute approximate surface area is 155 Å². The lowest BCUT2D eigenvalue weighted by Crippen LogP contribution is -2.30. The molecule has 0 N–H and O–H groups in total. The third kappa shape index (κ3) is 2.82. The maximum atomic E-state index is 12.7. The number of carbonyl (C=O) groups is 1. The number of para-hydroxylation sites is 1. The van der Waals surface area contributed by atoms with Crippen LogP contribution in [-0.4, -0.2) is 31.2 Å². The highest BCUT2D eigenvalue weighted by molar-refractivity contribution is 6.54. The third-order valence-electron chi connectivity index (χ3n) is 4.16. The van der Waals surface area contributed by atoms with E-state index in [0.29, 0.717) is 34.3 Å². The second kappa shape index (κ2) is 6.80. The predicted molar refractivity (Wildman–Crippen MR) is 101 cm³/mol.